The Morgan fingerprint density at radius 2 is 1.90 bits per heavy atom. The number of nitrogens with one attached hydrogen (secondary N) is 1. The quantitative estimate of drug-likeness (QED) is 0.921. The number of nitrogens with zero attached hydrogens (tertiary/aromatic N) is 2. The van der Waals surface area contributed by atoms with E-state index in [1.165, 1.54) is 62.5 Å². The Balaban J connectivity index is 1.56. The topological polar surface area (TPSA) is 18.5 Å². The van der Waals surface area contributed by atoms with Crippen molar-refractivity contribution in [3.05, 3.63) is 29.3 Å². The van der Waals surface area contributed by atoms with Crippen molar-refractivity contribution in [1.29, 1.82) is 0 Å². The highest BCUT2D eigenvalue weighted by molar-refractivity contribution is 5.56. The molecule has 3 nitrogen and oxygen atoms in total. The highest BCUT2D eigenvalue weighted by Crippen LogP contribution is 2.24. The first-order chi connectivity index (χ1) is 10.1. The Labute approximate surface area is 129 Å². The number of benzene rings is 1. The van der Waals surface area contributed by atoms with E-state index in [2.05, 4.69) is 54.1 Å². The van der Waals surface area contributed by atoms with Crippen molar-refractivity contribution in [2.45, 2.75) is 33.2 Å². The molecule has 2 aliphatic heterocycles. The van der Waals surface area contributed by atoms with E-state index >= 15 is 0 Å². The number of piperazine rings is 1. The minimum atomic E-state index is 0.696. The van der Waals surface area contributed by atoms with Gasteiger partial charge in [0, 0.05) is 44.5 Å². The number of anilines is 1. The summed E-state index contributed by atoms with van der Waals surface area (Å²) in [5.74, 6) is 0.845. The molecule has 1 aromatic carbocycles. The standard InChI is InChI=1S/C18H29N3/c1-14-5-4-6-18(15(14)2)21-11-9-20(10-12-21)13-17-7-8-19-16(17)3/h4-6,16-17,19H,7-13H2,1-3H3. The van der Waals surface area contributed by atoms with Crippen LogP contribution in [0.1, 0.15) is 24.5 Å². The van der Waals surface area contributed by atoms with E-state index in [9.17, 15) is 0 Å². The van der Waals surface area contributed by atoms with E-state index in [1.807, 2.05) is 0 Å². The fourth-order valence-corrected chi connectivity index (χ4v) is 3.74. The summed E-state index contributed by atoms with van der Waals surface area (Å²) in [6, 6.07) is 7.38. The maximum absolute atomic E-state index is 3.57. The van der Waals surface area contributed by atoms with Crippen LogP contribution >= 0.6 is 0 Å². The van der Waals surface area contributed by atoms with Gasteiger partial charge in [0.15, 0.2) is 0 Å². The predicted octanol–water partition coefficient (Wildman–Crippen LogP) is 2.42. The highest BCUT2D eigenvalue weighted by atomic mass is 15.3. The zero-order valence-electron chi connectivity index (χ0n) is 13.7. The molecule has 1 N–H and O–H groups in total. The maximum Gasteiger partial charge on any atom is 0.0399 e. The van der Waals surface area contributed by atoms with Crippen molar-refractivity contribution in [1.82, 2.24) is 10.2 Å². The Morgan fingerprint density at radius 3 is 2.57 bits per heavy atom. The van der Waals surface area contributed by atoms with Crippen molar-refractivity contribution in [3.8, 4) is 0 Å². The normalized spacial score (nSPS) is 27.3. The fourth-order valence-electron chi connectivity index (χ4n) is 3.74. The van der Waals surface area contributed by atoms with Gasteiger partial charge in [0.2, 0.25) is 0 Å². The summed E-state index contributed by atoms with van der Waals surface area (Å²) >= 11 is 0. The molecule has 0 bridgehead atoms. The van der Waals surface area contributed by atoms with Crippen molar-refractivity contribution < 1.29 is 0 Å². The summed E-state index contributed by atoms with van der Waals surface area (Å²) in [6.45, 7) is 14.0. The number of aryl methyl sites for hydroxylation is 1. The average molecular weight is 287 g/mol. The summed E-state index contributed by atoms with van der Waals surface area (Å²) in [6.07, 6.45) is 1.35. The van der Waals surface area contributed by atoms with E-state index in [-0.39, 0.29) is 0 Å². The first kappa shape index (κ1) is 14.9. The molecular weight excluding hydrogens is 258 g/mol. The molecule has 2 unspecified atom stereocenters. The second-order valence-corrected chi connectivity index (χ2v) is 6.80. The van der Waals surface area contributed by atoms with Gasteiger partial charge < -0.3 is 10.2 Å². The van der Waals surface area contributed by atoms with Crippen LogP contribution in [0.15, 0.2) is 18.2 Å². The molecule has 3 rings (SSSR count). The minimum absolute atomic E-state index is 0.696. The lowest BCUT2D eigenvalue weighted by Crippen LogP contribution is -2.48. The lowest BCUT2D eigenvalue weighted by molar-refractivity contribution is 0.212. The number of hydrogen-bond acceptors (Lipinski definition) is 3. The molecule has 0 aromatic heterocycles. The lowest BCUT2D eigenvalue weighted by Gasteiger charge is -2.38. The summed E-state index contributed by atoms with van der Waals surface area (Å²) in [5, 5.41) is 3.57. The third-order valence-corrected chi connectivity index (χ3v) is 5.47. The van der Waals surface area contributed by atoms with Gasteiger partial charge in [0.05, 0.1) is 0 Å². The first-order valence-corrected chi connectivity index (χ1v) is 8.42. The molecule has 0 spiro atoms. The van der Waals surface area contributed by atoms with Crippen molar-refractivity contribution >= 4 is 5.69 Å². The van der Waals surface area contributed by atoms with Gasteiger partial charge in [-0.25, -0.2) is 0 Å². The Kier molecular flexibility index (Phi) is 4.51. The lowest BCUT2D eigenvalue weighted by atomic mass is 10.0. The van der Waals surface area contributed by atoms with Crippen LogP contribution in [-0.4, -0.2) is 50.2 Å². The van der Waals surface area contributed by atoms with Crippen molar-refractivity contribution in [3.63, 3.8) is 0 Å². The van der Waals surface area contributed by atoms with Crippen LogP contribution in [0, 0.1) is 19.8 Å². The Morgan fingerprint density at radius 1 is 1.14 bits per heavy atom. The van der Waals surface area contributed by atoms with Crippen LogP contribution in [0.4, 0.5) is 5.69 Å². The zero-order chi connectivity index (χ0) is 14.8. The minimum Gasteiger partial charge on any atom is -0.369 e. The van der Waals surface area contributed by atoms with Gasteiger partial charge >= 0.3 is 0 Å². The molecule has 3 heteroatoms. The number of rotatable bonds is 3. The molecule has 0 aliphatic carbocycles. The van der Waals surface area contributed by atoms with Crippen LogP contribution in [0.2, 0.25) is 0 Å². The third kappa shape index (κ3) is 3.24. The molecule has 2 fully saturated rings. The fraction of sp³-hybridized carbons (Fsp3) is 0.667. The van der Waals surface area contributed by atoms with Gasteiger partial charge in [0.25, 0.3) is 0 Å². The molecular formula is C18H29N3. The smallest absolute Gasteiger partial charge is 0.0399 e. The van der Waals surface area contributed by atoms with Crippen LogP contribution < -0.4 is 10.2 Å². The Bertz CT molecular complexity index is 477. The molecule has 2 heterocycles. The van der Waals surface area contributed by atoms with Gasteiger partial charge in [-0.1, -0.05) is 12.1 Å². The molecule has 0 radical (unpaired) electrons. The second-order valence-electron chi connectivity index (χ2n) is 6.80. The van der Waals surface area contributed by atoms with E-state index in [0.29, 0.717) is 6.04 Å². The molecule has 1 aromatic rings. The Hall–Kier alpha value is -1.06. The van der Waals surface area contributed by atoms with Crippen molar-refractivity contribution in [2.24, 2.45) is 5.92 Å². The average Bonchev–Trinajstić information content (AvgIpc) is 2.88. The SMILES string of the molecule is Cc1cccc(N2CCN(CC3CCNC3C)CC2)c1C. The summed E-state index contributed by atoms with van der Waals surface area (Å²) in [5.41, 5.74) is 4.28. The van der Waals surface area contributed by atoms with Crippen molar-refractivity contribution in [2.75, 3.05) is 44.2 Å². The molecule has 2 aliphatic rings. The first-order valence-electron chi connectivity index (χ1n) is 8.42. The van der Waals surface area contributed by atoms with Gasteiger partial charge in [-0.15, -0.1) is 0 Å². The predicted molar refractivity (Wildman–Crippen MR) is 90.1 cm³/mol. The highest BCUT2D eigenvalue weighted by Gasteiger charge is 2.27. The van der Waals surface area contributed by atoms with Gasteiger partial charge in [-0.05, 0) is 56.8 Å². The monoisotopic (exact) mass is 287 g/mol. The molecule has 0 saturated carbocycles. The molecule has 2 atom stereocenters. The molecule has 21 heavy (non-hydrogen) atoms. The summed E-state index contributed by atoms with van der Waals surface area (Å²) in [7, 11) is 0. The van der Waals surface area contributed by atoms with Crippen LogP contribution in [0.5, 0.6) is 0 Å². The summed E-state index contributed by atoms with van der Waals surface area (Å²) in [4.78, 5) is 5.23. The van der Waals surface area contributed by atoms with Crippen LogP contribution in [0.25, 0.3) is 0 Å². The van der Waals surface area contributed by atoms with E-state index < -0.39 is 0 Å². The van der Waals surface area contributed by atoms with E-state index in [1.54, 1.807) is 0 Å². The van der Waals surface area contributed by atoms with Crippen LogP contribution in [0.3, 0.4) is 0 Å². The van der Waals surface area contributed by atoms with E-state index in [0.717, 1.165) is 5.92 Å². The molecule has 2 saturated heterocycles. The molecule has 116 valence electrons. The van der Waals surface area contributed by atoms with Gasteiger partial charge in [0.1, 0.15) is 0 Å². The largest absolute Gasteiger partial charge is 0.369 e. The third-order valence-electron chi connectivity index (χ3n) is 5.47. The van der Waals surface area contributed by atoms with Crippen LogP contribution in [-0.2, 0) is 0 Å². The van der Waals surface area contributed by atoms with Gasteiger partial charge in [-0.3, -0.25) is 4.90 Å². The van der Waals surface area contributed by atoms with E-state index in [4.69, 9.17) is 0 Å². The maximum atomic E-state index is 3.57. The zero-order valence-corrected chi connectivity index (χ0v) is 13.7. The second kappa shape index (κ2) is 6.37. The van der Waals surface area contributed by atoms with Gasteiger partial charge in [-0.2, -0.15) is 0 Å². The molecule has 0 amide bonds. The summed E-state index contributed by atoms with van der Waals surface area (Å²) < 4.78 is 0. The number of hydrogen-bond donors (Lipinski definition) is 1.